The lowest BCUT2D eigenvalue weighted by molar-refractivity contribution is -0.384. The lowest BCUT2D eigenvalue weighted by Crippen LogP contribution is -2.35. The minimum absolute atomic E-state index is 0.0959. The van der Waals surface area contributed by atoms with Gasteiger partial charge in [0.25, 0.3) is 17.5 Å². The van der Waals surface area contributed by atoms with Crippen LogP contribution < -0.4 is 15.4 Å². The number of nitrogens with one attached hydrogen (secondary N) is 2. The number of anilines is 1. The van der Waals surface area contributed by atoms with Crippen LogP contribution in [0, 0.1) is 24.0 Å². The number of carbonyl (C=O) groups is 1. The number of hydrogen-bond donors (Lipinski definition) is 2. The number of nitro benzene ring substituents is 1. The predicted molar refractivity (Wildman–Crippen MR) is 116 cm³/mol. The zero-order valence-electron chi connectivity index (χ0n) is 17.1. The van der Waals surface area contributed by atoms with Crippen LogP contribution >= 0.6 is 0 Å². The van der Waals surface area contributed by atoms with Gasteiger partial charge in [0.2, 0.25) is 5.96 Å². The second kappa shape index (κ2) is 9.44. The maximum Gasteiger partial charge on any atom is 0.269 e. The van der Waals surface area contributed by atoms with E-state index in [0.717, 1.165) is 11.4 Å². The molecular formula is C21H20N6O4. The fourth-order valence-corrected chi connectivity index (χ4v) is 2.67. The molecule has 2 N–H and O–H groups in total. The van der Waals surface area contributed by atoms with Crippen molar-refractivity contribution in [3.63, 3.8) is 0 Å². The molecule has 0 aliphatic carbocycles. The number of aromatic nitrogens is 2. The number of ether oxygens (including phenoxy) is 1. The zero-order chi connectivity index (χ0) is 22.4. The maximum absolute atomic E-state index is 12.7. The molecule has 31 heavy (non-hydrogen) atoms. The molecule has 0 aliphatic rings. The fourth-order valence-electron chi connectivity index (χ4n) is 2.67. The number of carbonyl (C=O) groups excluding carboxylic acids is 1. The highest BCUT2D eigenvalue weighted by atomic mass is 16.6. The van der Waals surface area contributed by atoms with Gasteiger partial charge in [-0.3, -0.25) is 20.2 Å². The van der Waals surface area contributed by atoms with E-state index in [9.17, 15) is 14.9 Å². The Morgan fingerprint density at radius 1 is 1.03 bits per heavy atom. The Bertz CT molecular complexity index is 1110. The van der Waals surface area contributed by atoms with Gasteiger partial charge in [-0.15, -0.1) is 0 Å². The summed E-state index contributed by atoms with van der Waals surface area (Å²) in [4.78, 5) is 35.9. The number of guanidine groups is 1. The first-order valence-corrected chi connectivity index (χ1v) is 9.22. The molecule has 10 heteroatoms. The average Bonchev–Trinajstić information content (AvgIpc) is 2.73. The number of aryl methyl sites for hydroxylation is 2. The molecule has 3 rings (SSSR count). The van der Waals surface area contributed by atoms with E-state index in [1.165, 1.54) is 24.3 Å². The smallest absolute Gasteiger partial charge is 0.269 e. The van der Waals surface area contributed by atoms with Gasteiger partial charge < -0.3 is 10.1 Å². The molecule has 0 fully saturated rings. The highest BCUT2D eigenvalue weighted by Crippen LogP contribution is 2.16. The van der Waals surface area contributed by atoms with Crippen molar-refractivity contribution in [3.05, 3.63) is 81.7 Å². The van der Waals surface area contributed by atoms with Crippen molar-refractivity contribution in [2.24, 2.45) is 4.99 Å². The number of aliphatic imine (C=N–C) groups is 1. The molecule has 1 heterocycles. The van der Waals surface area contributed by atoms with E-state index < -0.39 is 10.8 Å². The average molecular weight is 420 g/mol. The van der Waals surface area contributed by atoms with Crippen LogP contribution in [0.15, 0.2) is 59.6 Å². The zero-order valence-corrected chi connectivity index (χ0v) is 17.1. The third-order valence-corrected chi connectivity index (χ3v) is 4.11. The molecule has 0 bridgehead atoms. The number of benzene rings is 2. The number of rotatable bonds is 5. The Morgan fingerprint density at radius 3 is 2.19 bits per heavy atom. The standard InChI is InChI=1S/C21H20N6O4/c1-13-12-14(2)23-20(22-13)26-21(24-16-6-10-18(31-3)11-7-16)25-19(28)15-4-8-17(9-5-15)27(29)30/h4-12H,1-3H3,(H2,22,23,24,25,26,28). The first-order valence-electron chi connectivity index (χ1n) is 9.22. The Balaban J connectivity index is 1.89. The lowest BCUT2D eigenvalue weighted by Gasteiger charge is -2.12. The lowest BCUT2D eigenvalue weighted by atomic mass is 10.2. The number of non-ortho nitro benzene ring substituents is 1. The molecule has 1 amide bonds. The van der Waals surface area contributed by atoms with Gasteiger partial charge >= 0.3 is 0 Å². The van der Waals surface area contributed by atoms with Crippen molar-refractivity contribution >= 4 is 29.2 Å². The largest absolute Gasteiger partial charge is 0.497 e. The van der Waals surface area contributed by atoms with Crippen LogP contribution in [0.1, 0.15) is 21.7 Å². The number of nitrogens with zero attached hydrogens (tertiary/aromatic N) is 4. The van der Waals surface area contributed by atoms with Crippen LogP contribution in [0.2, 0.25) is 0 Å². The van der Waals surface area contributed by atoms with Crippen molar-refractivity contribution in [1.29, 1.82) is 0 Å². The minimum atomic E-state index is -0.531. The third-order valence-electron chi connectivity index (χ3n) is 4.11. The molecule has 0 atom stereocenters. The second-order valence-corrected chi connectivity index (χ2v) is 6.52. The molecule has 3 aromatic rings. The molecule has 0 radical (unpaired) electrons. The first kappa shape index (κ1) is 21.4. The van der Waals surface area contributed by atoms with Crippen molar-refractivity contribution in [2.45, 2.75) is 13.8 Å². The molecule has 0 saturated carbocycles. The Hall–Kier alpha value is -4.34. The molecule has 0 saturated heterocycles. The summed E-state index contributed by atoms with van der Waals surface area (Å²) in [7, 11) is 1.57. The molecule has 10 nitrogen and oxygen atoms in total. The number of nitro groups is 1. The van der Waals surface area contributed by atoms with Crippen LogP contribution in [-0.4, -0.2) is 33.9 Å². The monoisotopic (exact) mass is 420 g/mol. The number of hydrogen-bond acceptors (Lipinski definition) is 7. The summed E-state index contributed by atoms with van der Waals surface area (Å²) >= 11 is 0. The maximum atomic E-state index is 12.7. The summed E-state index contributed by atoms with van der Waals surface area (Å²) < 4.78 is 5.15. The minimum Gasteiger partial charge on any atom is -0.497 e. The highest BCUT2D eigenvalue weighted by molar-refractivity contribution is 6.10. The van der Waals surface area contributed by atoms with E-state index in [1.807, 2.05) is 19.9 Å². The van der Waals surface area contributed by atoms with E-state index in [0.29, 0.717) is 11.4 Å². The molecule has 2 aromatic carbocycles. The van der Waals surface area contributed by atoms with Crippen LogP contribution in [0.5, 0.6) is 5.75 Å². The van der Waals surface area contributed by atoms with Crippen LogP contribution in [0.3, 0.4) is 0 Å². The van der Waals surface area contributed by atoms with Gasteiger partial charge in [0.05, 0.1) is 12.0 Å². The van der Waals surface area contributed by atoms with Crippen molar-refractivity contribution in [1.82, 2.24) is 15.3 Å². The van der Waals surface area contributed by atoms with Crippen molar-refractivity contribution in [3.8, 4) is 5.75 Å². The Labute approximate surface area is 178 Å². The van der Waals surface area contributed by atoms with Gasteiger partial charge in [-0.2, -0.15) is 4.99 Å². The molecule has 1 aromatic heterocycles. The van der Waals surface area contributed by atoms with Gasteiger partial charge in [-0.05, 0) is 56.3 Å². The fraction of sp³-hybridized carbons (Fsp3) is 0.143. The molecule has 0 aliphatic heterocycles. The SMILES string of the molecule is COc1ccc(N/C(=N\c2nc(C)cc(C)n2)NC(=O)c2ccc([N+](=O)[O-])cc2)cc1. The summed E-state index contributed by atoms with van der Waals surface area (Å²) in [6.45, 7) is 3.64. The highest BCUT2D eigenvalue weighted by Gasteiger charge is 2.13. The van der Waals surface area contributed by atoms with Gasteiger partial charge in [0.15, 0.2) is 0 Å². The summed E-state index contributed by atoms with van der Waals surface area (Å²) in [5.41, 5.74) is 2.24. The van der Waals surface area contributed by atoms with Crippen LogP contribution in [0.4, 0.5) is 17.3 Å². The van der Waals surface area contributed by atoms with Gasteiger partial charge in [0.1, 0.15) is 5.75 Å². The number of methoxy groups -OCH3 is 1. The van der Waals surface area contributed by atoms with Crippen molar-refractivity contribution < 1.29 is 14.5 Å². The van der Waals surface area contributed by atoms with Gasteiger partial charge in [0, 0.05) is 34.8 Å². The van der Waals surface area contributed by atoms with Crippen LogP contribution in [-0.2, 0) is 0 Å². The topological polar surface area (TPSA) is 132 Å². The van der Waals surface area contributed by atoms with E-state index in [1.54, 1.807) is 31.4 Å². The molecule has 0 unspecified atom stereocenters. The third kappa shape index (κ3) is 5.82. The summed E-state index contributed by atoms with van der Waals surface area (Å²) in [5, 5.41) is 16.5. The van der Waals surface area contributed by atoms with E-state index in [4.69, 9.17) is 4.74 Å². The van der Waals surface area contributed by atoms with E-state index in [-0.39, 0.29) is 23.2 Å². The Morgan fingerprint density at radius 2 is 1.65 bits per heavy atom. The van der Waals surface area contributed by atoms with Crippen molar-refractivity contribution in [2.75, 3.05) is 12.4 Å². The van der Waals surface area contributed by atoms with E-state index in [2.05, 4.69) is 25.6 Å². The number of amides is 1. The second-order valence-electron chi connectivity index (χ2n) is 6.52. The predicted octanol–water partition coefficient (Wildman–Crippen LogP) is 3.54. The molecule has 158 valence electrons. The van der Waals surface area contributed by atoms with Gasteiger partial charge in [-0.1, -0.05) is 0 Å². The molecular weight excluding hydrogens is 400 g/mol. The molecule has 0 spiro atoms. The summed E-state index contributed by atoms with van der Waals surface area (Å²) in [5.74, 6) is 0.451. The normalized spacial score (nSPS) is 11.0. The first-order chi connectivity index (χ1) is 14.8. The van der Waals surface area contributed by atoms with Gasteiger partial charge in [-0.25, -0.2) is 9.97 Å². The quantitative estimate of drug-likeness (QED) is 0.279. The van der Waals surface area contributed by atoms with Crippen LogP contribution in [0.25, 0.3) is 0 Å². The Kier molecular flexibility index (Phi) is 6.51. The summed E-state index contributed by atoms with van der Waals surface area (Å²) in [6, 6.07) is 14.1. The van der Waals surface area contributed by atoms with E-state index >= 15 is 0 Å². The summed E-state index contributed by atoms with van der Waals surface area (Å²) in [6.07, 6.45) is 0.